The summed E-state index contributed by atoms with van der Waals surface area (Å²) in [6.07, 6.45) is 1.66. The van der Waals surface area contributed by atoms with E-state index in [-0.39, 0.29) is 18.5 Å². The van der Waals surface area contributed by atoms with E-state index < -0.39 is 11.8 Å². The molecule has 0 atom stereocenters. The molecule has 0 aliphatic heterocycles. The van der Waals surface area contributed by atoms with E-state index in [1.165, 1.54) is 0 Å². The van der Waals surface area contributed by atoms with Gasteiger partial charge < -0.3 is 16.4 Å². The molecule has 3 amide bonds. The number of carbonyl (C=O) groups is 3. The minimum atomic E-state index is -0.626. The molecular weight excluding hydrogens is 452 g/mol. The zero-order valence-corrected chi connectivity index (χ0v) is 19.8. The lowest BCUT2D eigenvalue weighted by atomic mass is 10.1. The number of benzene rings is 1. The fraction of sp³-hybridized carbons (Fsp3) is 0.208. The van der Waals surface area contributed by atoms with Gasteiger partial charge in [0.05, 0.1) is 34.3 Å². The summed E-state index contributed by atoms with van der Waals surface area (Å²) in [5, 5.41) is 10.4. The number of aryl methyl sites for hydroxylation is 1. The Balaban J connectivity index is 1.64. The molecule has 174 valence electrons. The molecule has 0 bridgehead atoms. The second-order valence-corrected chi connectivity index (χ2v) is 9.35. The Hall–Kier alpha value is -4.05. The van der Waals surface area contributed by atoms with Crippen molar-refractivity contribution in [3.8, 4) is 10.6 Å². The van der Waals surface area contributed by atoms with Crippen LogP contribution in [0.5, 0.6) is 0 Å². The van der Waals surface area contributed by atoms with E-state index in [2.05, 4.69) is 15.7 Å². The smallest absolute Gasteiger partial charge is 0.256 e. The summed E-state index contributed by atoms with van der Waals surface area (Å²) >= 11 is 1.61. The van der Waals surface area contributed by atoms with Gasteiger partial charge in [-0.25, -0.2) is 9.67 Å². The van der Waals surface area contributed by atoms with E-state index in [0.29, 0.717) is 33.5 Å². The summed E-state index contributed by atoms with van der Waals surface area (Å²) in [5.74, 6) is -1.36. The molecule has 0 aliphatic carbocycles. The van der Waals surface area contributed by atoms with Crippen LogP contribution in [0.15, 0.2) is 48.7 Å². The number of anilines is 1. The second-order valence-electron chi connectivity index (χ2n) is 8.07. The Morgan fingerprint density at radius 1 is 1.09 bits per heavy atom. The number of carbonyl (C=O) groups excluding carboxylic acids is 3. The van der Waals surface area contributed by atoms with Crippen LogP contribution in [0.4, 0.5) is 5.69 Å². The van der Waals surface area contributed by atoms with Gasteiger partial charge in [-0.05, 0) is 63.2 Å². The van der Waals surface area contributed by atoms with Crippen molar-refractivity contribution in [3.05, 3.63) is 64.7 Å². The van der Waals surface area contributed by atoms with Gasteiger partial charge in [-0.2, -0.15) is 5.10 Å². The predicted octanol–water partition coefficient (Wildman–Crippen LogP) is 3.52. The molecule has 4 aromatic rings. The van der Waals surface area contributed by atoms with Gasteiger partial charge in [0.15, 0.2) is 5.65 Å². The van der Waals surface area contributed by atoms with Crippen molar-refractivity contribution in [2.45, 2.75) is 26.8 Å². The quantitative estimate of drug-likeness (QED) is 0.375. The normalized spacial score (nSPS) is 11.1. The zero-order chi connectivity index (χ0) is 24.4. The second kappa shape index (κ2) is 9.44. The first-order valence-corrected chi connectivity index (χ1v) is 11.5. The number of thiophene rings is 1. The first kappa shape index (κ1) is 23.1. The molecule has 3 aromatic heterocycles. The Labute approximate surface area is 200 Å². The molecule has 4 rings (SSSR count). The van der Waals surface area contributed by atoms with Gasteiger partial charge in [-0.1, -0.05) is 0 Å². The number of amides is 3. The van der Waals surface area contributed by atoms with E-state index >= 15 is 0 Å². The van der Waals surface area contributed by atoms with Gasteiger partial charge in [0.25, 0.3) is 11.8 Å². The SMILES string of the molecule is Cc1ccc(-c2cc(C(=O)Nc3ccc(C(=O)NCC(N)=O)cc3)c3cnn(C(C)C)c3n2)s1. The molecule has 0 aliphatic rings. The topological polar surface area (TPSA) is 132 Å². The van der Waals surface area contributed by atoms with E-state index in [9.17, 15) is 14.4 Å². The summed E-state index contributed by atoms with van der Waals surface area (Å²) in [6.45, 7) is 5.80. The predicted molar refractivity (Wildman–Crippen MR) is 132 cm³/mol. The van der Waals surface area contributed by atoms with Gasteiger partial charge in [0.1, 0.15) is 0 Å². The third-order valence-electron chi connectivity index (χ3n) is 5.12. The molecule has 4 N–H and O–H groups in total. The number of hydrogen-bond donors (Lipinski definition) is 3. The van der Waals surface area contributed by atoms with Crippen molar-refractivity contribution in [1.82, 2.24) is 20.1 Å². The molecule has 0 radical (unpaired) electrons. The highest BCUT2D eigenvalue weighted by Crippen LogP contribution is 2.31. The maximum absolute atomic E-state index is 13.3. The molecular formula is C24H24N6O3S. The molecule has 0 saturated heterocycles. The molecule has 3 heterocycles. The Morgan fingerprint density at radius 3 is 2.44 bits per heavy atom. The fourth-order valence-corrected chi connectivity index (χ4v) is 4.28. The average molecular weight is 477 g/mol. The first-order valence-electron chi connectivity index (χ1n) is 10.7. The monoisotopic (exact) mass is 476 g/mol. The molecule has 9 nitrogen and oxygen atoms in total. The van der Waals surface area contributed by atoms with Crippen LogP contribution in [0, 0.1) is 6.92 Å². The number of rotatable bonds is 7. The van der Waals surface area contributed by atoms with Crippen LogP contribution in [0.25, 0.3) is 21.6 Å². The van der Waals surface area contributed by atoms with Crippen molar-refractivity contribution >= 4 is 45.8 Å². The van der Waals surface area contributed by atoms with Gasteiger partial charge in [0.2, 0.25) is 5.91 Å². The van der Waals surface area contributed by atoms with Crippen LogP contribution in [-0.4, -0.2) is 39.0 Å². The van der Waals surface area contributed by atoms with Gasteiger partial charge in [-0.15, -0.1) is 11.3 Å². The van der Waals surface area contributed by atoms with Crippen LogP contribution in [0.2, 0.25) is 0 Å². The molecule has 34 heavy (non-hydrogen) atoms. The van der Waals surface area contributed by atoms with Gasteiger partial charge in [-0.3, -0.25) is 14.4 Å². The van der Waals surface area contributed by atoms with Crippen LogP contribution in [0.3, 0.4) is 0 Å². The summed E-state index contributed by atoms with van der Waals surface area (Å²) in [5.41, 5.74) is 7.73. The van der Waals surface area contributed by atoms with E-state index in [1.54, 1.807) is 52.5 Å². The highest BCUT2D eigenvalue weighted by Gasteiger charge is 2.19. The highest BCUT2D eigenvalue weighted by atomic mass is 32.1. The fourth-order valence-electron chi connectivity index (χ4n) is 3.46. The maximum Gasteiger partial charge on any atom is 0.256 e. The first-order chi connectivity index (χ1) is 16.2. The Bertz CT molecular complexity index is 1390. The molecule has 0 unspecified atom stereocenters. The number of hydrogen-bond acceptors (Lipinski definition) is 6. The van der Waals surface area contributed by atoms with Crippen molar-refractivity contribution in [3.63, 3.8) is 0 Å². The number of nitrogens with one attached hydrogen (secondary N) is 2. The molecule has 0 fully saturated rings. The summed E-state index contributed by atoms with van der Waals surface area (Å²) in [6, 6.07) is 12.2. The molecule has 0 spiro atoms. The Morgan fingerprint density at radius 2 is 1.82 bits per heavy atom. The zero-order valence-electron chi connectivity index (χ0n) is 19.0. The average Bonchev–Trinajstić information content (AvgIpc) is 3.43. The number of fused-ring (bicyclic) bond motifs is 1. The largest absolute Gasteiger partial charge is 0.368 e. The molecule has 10 heteroatoms. The van der Waals surface area contributed by atoms with Crippen molar-refractivity contribution in [1.29, 1.82) is 0 Å². The third kappa shape index (κ3) is 4.81. The van der Waals surface area contributed by atoms with E-state index in [0.717, 1.165) is 9.75 Å². The summed E-state index contributed by atoms with van der Waals surface area (Å²) in [4.78, 5) is 43.1. The summed E-state index contributed by atoms with van der Waals surface area (Å²) < 4.78 is 1.80. The lowest BCUT2D eigenvalue weighted by Gasteiger charge is -2.11. The highest BCUT2D eigenvalue weighted by molar-refractivity contribution is 7.15. The van der Waals surface area contributed by atoms with Crippen LogP contribution >= 0.6 is 11.3 Å². The number of nitrogens with two attached hydrogens (primary N) is 1. The molecule has 1 aromatic carbocycles. The van der Waals surface area contributed by atoms with Gasteiger partial charge in [0, 0.05) is 22.2 Å². The summed E-state index contributed by atoms with van der Waals surface area (Å²) in [7, 11) is 0. The number of primary amides is 1. The van der Waals surface area contributed by atoms with Crippen molar-refractivity contribution in [2.75, 3.05) is 11.9 Å². The van der Waals surface area contributed by atoms with Crippen LogP contribution in [-0.2, 0) is 4.79 Å². The van der Waals surface area contributed by atoms with Crippen LogP contribution < -0.4 is 16.4 Å². The number of nitrogens with zero attached hydrogens (tertiary/aromatic N) is 3. The minimum absolute atomic E-state index is 0.0782. The Kier molecular flexibility index (Phi) is 6.42. The van der Waals surface area contributed by atoms with Crippen LogP contribution in [0.1, 0.15) is 45.5 Å². The lowest BCUT2D eigenvalue weighted by molar-refractivity contribution is -0.117. The third-order valence-corrected chi connectivity index (χ3v) is 6.14. The molecule has 0 saturated carbocycles. The van der Waals surface area contributed by atoms with Crippen molar-refractivity contribution < 1.29 is 14.4 Å². The maximum atomic E-state index is 13.3. The van der Waals surface area contributed by atoms with E-state index in [4.69, 9.17) is 10.7 Å². The number of pyridine rings is 1. The number of aromatic nitrogens is 3. The standard InChI is InChI=1S/C24H24N6O3S/c1-13(2)30-22-18(11-27-30)17(10-19(29-22)20-9-4-14(3)34-20)24(33)28-16-7-5-15(6-8-16)23(32)26-12-21(25)31/h4-11,13H,12H2,1-3H3,(H2,25,31)(H,26,32)(H,28,33). The van der Waals surface area contributed by atoms with E-state index in [1.807, 2.05) is 32.9 Å². The van der Waals surface area contributed by atoms with Gasteiger partial charge >= 0.3 is 0 Å². The minimum Gasteiger partial charge on any atom is -0.368 e. The lowest BCUT2D eigenvalue weighted by Crippen LogP contribution is -2.33. The van der Waals surface area contributed by atoms with Crippen molar-refractivity contribution in [2.24, 2.45) is 5.73 Å².